The molecule has 1 aliphatic carbocycles. The number of ether oxygens (including phenoxy) is 3. The normalized spacial score (nSPS) is 21.5. The summed E-state index contributed by atoms with van der Waals surface area (Å²) < 4.78 is 16.5. The third-order valence-corrected chi connectivity index (χ3v) is 6.64. The van der Waals surface area contributed by atoms with Crippen molar-refractivity contribution in [2.45, 2.75) is 18.9 Å². The van der Waals surface area contributed by atoms with E-state index in [0.717, 1.165) is 6.08 Å². The molecular weight excluding hydrogens is 518 g/mol. The van der Waals surface area contributed by atoms with Gasteiger partial charge in [0.15, 0.2) is 17.3 Å². The minimum atomic E-state index is -1.86. The summed E-state index contributed by atoms with van der Waals surface area (Å²) >= 11 is 24.5. The lowest BCUT2D eigenvalue weighted by atomic mass is 9.75. The summed E-state index contributed by atoms with van der Waals surface area (Å²) in [7, 11) is 1.29. The number of rotatable bonds is 3. The van der Waals surface area contributed by atoms with E-state index in [-0.39, 0.29) is 60.7 Å². The van der Waals surface area contributed by atoms with Crippen LogP contribution in [0.25, 0.3) is 0 Å². The van der Waals surface area contributed by atoms with Crippen LogP contribution in [-0.4, -0.2) is 35.4 Å². The number of aliphatic hydroxyl groups is 1. The summed E-state index contributed by atoms with van der Waals surface area (Å²) in [4.78, 5) is 38.2. The topological polar surface area (TPSA) is 99.1 Å². The number of allylic oxidation sites excluding steroid dienone is 1. The maximum absolute atomic E-state index is 13.4. The minimum Gasteiger partial charge on any atom is -0.507 e. The number of hydrogen-bond donors (Lipinski definition) is 1. The molecule has 11 heteroatoms. The lowest BCUT2D eigenvalue weighted by molar-refractivity contribution is -0.118. The molecule has 2 aromatic rings. The van der Waals surface area contributed by atoms with Gasteiger partial charge in [0.25, 0.3) is 0 Å². The molecule has 1 spiro atoms. The van der Waals surface area contributed by atoms with Crippen LogP contribution in [0.15, 0.2) is 30.0 Å². The fourth-order valence-electron chi connectivity index (χ4n) is 3.91. The molecule has 0 saturated carbocycles. The third kappa shape index (κ3) is 3.64. The van der Waals surface area contributed by atoms with E-state index >= 15 is 0 Å². The third-order valence-electron chi connectivity index (χ3n) is 5.49. The number of esters is 1. The Labute approximate surface area is 207 Å². The molecule has 0 radical (unpaired) electrons. The standard InChI is InChI=1S/C22H14Cl4O7/c1-8-3-10(27)6-15(28)22(8)20(29)16-14(31-2)7-11(17(26)19(16)33-22)21(30)32-18-12(24)4-9(23)5-13(18)25/h4-8,28H,3H2,1-2H3/t8-,22+/m1/s1. The van der Waals surface area contributed by atoms with Gasteiger partial charge in [0.2, 0.25) is 11.4 Å². The summed E-state index contributed by atoms with van der Waals surface area (Å²) in [5, 5.41) is 10.5. The van der Waals surface area contributed by atoms with Crippen molar-refractivity contribution in [3.8, 4) is 17.2 Å². The van der Waals surface area contributed by atoms with Gasteiger partial charge < -0.3 is 19.3 Å². The predicted octanol–water partition coefficient (Wildman–Crippen LogP) is 5.89. The average molecular weight is 532 g/mol. The Morgan fingerprint density at radius 3 is 2.36 bits per heavy atom. The van der Waals surface area contributed by atoms with E-state index in [1.807, 2.05) is 0 Å². The van der Waals surface area contributed by atoms with Gasteiger partial charge in [-0.15, -0.1) is 0 Å². The van der Waals surface area contributed by atoms with Crippen LogP contribution in [0.2, 0.25) is 20.1 Å². The molecule has 1 aliphatic heterocycles. The number of hydrogen-bond acceptors (Lipinski definition) is 7. The highest BCUT2D eigenvalue weighted by atomic mass is 35.5. The Hall–Kier alpha value is -2.45. The molecule has 0 fully saturated rings. The van der Waals surface area contributed by atoms with Gasteiger partial charge >= 0.3 is 5.97 Å². The molecule has 0 amide bonds. The van der Waals surface area contributed by atoms with E-state index in [4.69, 9.17) is 60.6 Å². The Morgan fingerprint density at radius 2 is 1.79 bits per heavy atom. The van der Waals surface area contributed by atoms with Gasteiger partial charge in [-0.2, -0.15) is 0 Å². The smallest absolute Gasteiger partial charge is 0.345 e. The van der Waals surface area contributed by atoms with Crippen LogP contribution in [0.5, 0.6) is 17.2 Å². The number of ketones is 2. The molecule has 2 aromatic carbocycles. The second kappa shape index (κ2) is 8.40. The fourth-order valence-corrected chi connectivity index (χ4v) is 5.07. The molecule has 2 atom stereocenters. The van der Waals surface area contributed by atoms with E-state index in [0.29, 0.717) is 0 Å². The van der Waals surface area contributed by atoms with Gasteiger partial charge in [0, 0.05) is 23.4 Å². The van der Waals surface area contributed by atoms with E-state index in [1.165, 1.54) is 25.3 Å². The highest BCUT2D eigenvalue weighted by Gasteiger charge is 2.59. The zero-order chi connectivity index (χ0) is 24.2. The molecule has 4 rings (SSSR count). The van der Waals surface area contributed by atoms with E-state index in [9.17, 15) is 19.5 Å². The zero-order valence-corrected chi connectivity index (χ0v) is 20.0. The highest BCUT2D eigenvalue weighted by molar-refractivity contribution is 6.40. The molecule has 0 saturated heterocycles. The average Bonchev–Trinajstić information content (AvgIpc) is 3.04. The van der Waals surface area contributed by atoms with Crippen molar-refractivity contribution in [1.29, 1.82) is 0 Å². The maximum atomic E-state index is 13.4. The molecule has 0 bridgehead atoms. The molecule has 172 valence electrons. The minimum absolute atomic E-state index is 0.00812. The largest absolute Gasteiger partial charge is 0.507 e. The quantitative estimate of drug-likeness (QED) is 0.389. The number of Topliss-reactive ketones (excluding diaryl/α,β-unsaturated/α-hetero) is 1. The Morgan fingerprint density at radius 1 is 1.15 bits per heavy atom. The molecule has 1 N–H and O–H groups in total. The highest BCUT2D eigenvalue weighted by Crippen LogP contribution is 2.52. The predicted molar refractivity (Wildman–Crippen MR) is 122 cm³/mol. The fraction of sp³-hybridized carbons (Fsp3) is 0.227. The lowest BCUT2D eigenvalue weighted by Crippen LogP contribution is -2.51. The first-order chi connectivity index (χ1) is 15.5. The van der Waals surface area contributed by atoms with Crippen LogP contribution < -0.4 is 14.2 Å². The van der Waals surface area contributed by atoms with Gasteiger partial charge in [0.1, 0.15) is 17.1 Å². The van der Waals surface area contributed by atoms with Gasteiger partial charge in [-0.1, -0.05) is 53.3 Å². The van der Waals surface area contributed by atoms with Crippen molar-refractivity contribution in [3.63, 3.8) is 0 Å². The van der Waals surface area contributed by atoms with Crippen LogP contribution in [0.4, 0.5) is 0 Å². The van der Waals surface area contributed by atoms with Gasteiger partial charge in [0.05, 0.1) is 27.7 Å². The molecule has 2 aliphatic rings. The van der Waals surface area contributed by atoms with Crippen LogP contribution >= 0.6 is 46.4 Å². The van der Waals surface area contributed by atoms with Crippen molar-refractivity contribution < 1.29 is 33.7 Å². The second-order valence-corrected chi connectivity index (χ2v) is 9.13. The second-order valence-electron chi connectivity index (χ2n) is 7.50. The summed E-state index contributed by atoms with van der Waals surface area (Å²) in [6.07, 6.45) is 0.913. The zero-order valence-electron chi connectivity index (χ0n) is 17.0. The summed E-state index contributed by atoms with van der Waals surface area (Å²) in [6, 6.07) is 3.89. The first-order valence-corrected chi connectivity index (χ1v) is 11.0. The molecule has 0 unspecified atom stereocenters. The number of benzene rings is 2. The van der Waals surface area contributed by atoms with Crippen molar-refractivity contribution in [2.75, 3.05) is 7.11 Å². The number of fused-ring (bicyclic) bond motifs is 1. The van der Waals surface area contributed by atoms with E-state index in [1.54, 1.807) is 6.92 Å². The molecule has 7 nitrogen and oxygen atoms in total. The Kier molecular flexibility index (Phi) is 6.03. The Bertz CT molecular complexity index is 1250. The van der Waals surface area contributed by atoms with Crippen molar-refractivity contribution in [1.82, 2.24) is 0 Å². The van der Waals surface area contributed by atoms with Gasteiger partial charge in [-0.3, -0.25) is 9.59 Å². The Balaban J connectivity index is 1.81. The number of methoxy groups -OCH3 is 1. The van der Waals surface area contributed by atoms with Crippen molar-refractivity contribution in [2.24, 2.45) is 5.92 Å². The van der Waals surface area contributed by atoms with Crippen LogP contribution in [0, 0.1) is 5.92 Å². The molecule has 1 heterocycles. The number of halogens is 4. The summed E-state index contributed by atoms with van der Waals surface area (Å²) in [6.45, 7) is 1.59. The molecule has 0 aromatic heterocycles. The molecular formula is C22H14Cl4O7. The van der Waals surface area contributed by atoms with Crippen LogP contribution in [0.1, 0.15) is 34.1 Å². The molecule has 33 heavy (non-hydrogen) atoms. The van der Waals surface area contributed by atoms with Crippen LogP contribution in [-0.2, 0) is 4.79 Å². The van der Waals surface area contributed by atoms with Crippen molar-refractivity contribution >= 4 is 63.9 Å². The lowest BCUT2D eigenvalue weighted by Gasteiger charge is -2.34. The number of carbonyl (C=O) groups is 3. The maximum Gasteiger partial charge on any atom is 0.345 e. The summed E-state index contributed by atoms with van der Waals surface area (Å²) in [5.74, 6) is -3.57. The number of aliphatic hydroxyl groups excluding tert-OH is 1. The van der Waals surface area contributed by atoms with Crippen LogP contribution in [0.3, 0.4) is 0 Å². The summed E-state index contributed by atoms with van der Waals surface area (Å²) in [5.41, 5.74) is -2.14. The first kappa shape index (κ1) is 23.7. The number of carbonyl (C=O) groups excluding carboxylic acids is 3. The van der Waals surface area contributed by atoms with E-state index < -0.39 is 29.0 Å². The van der Waals surface area contributed by atoms with Crippen molar-refractivity contribution in [3.05, 3.63) is 61.3 Å². The first-order valence-electron chi connectivity index (χ1n) is 9.46. The monoisotopic (exact) mass is 530 g/mol. The van der Waals surface area contributed by atoms with Gasteiger partial charge in [-0.05, 0) is 18.2 Å². The van der Waals surface area contributed by atoms with Gasteiger partial charge in [-0.25, -0.2) is 4.79 Å². The SMILES string of the molecule is COc1cc(C(=O)Oc2c(Cl)cc(Cl)cc2Cl)c(Cl)c2c1C(=O)[C@@]1(O2)C(O)=CC(=O)C[C@H]1C. The van der Waals surface area contributed by atoms with E-state index in [2.05, 4.69) is 0 Å².